The number of carbonyl (C=O) groups excluding carboxylic acids is 6. The van der Waals surface area contributed by atoms with Gasteiger partial charge in [0.25, 0.3) is 33.4 Å². The van der Waals surface area contributed by atoms with Crippen LogP contribution in [0.3, 0.4) is 0 Å². The number of ether oxygens (including phenoxy) is 6. The summed E-state index contributed by atoms with van der Waals surface area (Å²) in [6.07, 6.45) is 8.76. The lowest BCUT2D eigenvalue weighted by Gasteiger charge is -2.34. The molecule has 42 nitrogen and oxygen atoms in total. The van der Waals surface area contributed by atoms with Gasteiger partial charge in [-0.3, -0.25) is 115 Å². The van der Waals surface area contributed by atoms with Gasteiger partial charge in [-0.1, -0.05) is 112 Å². The molecule has 0 aliphatic carbocycles. The number of aryl methyl sites for hydroxylation is 6. The van der Waals surface area contributed by atoms with Crippen LogP contribution in [0, 0.1) is 74.0 Å². The monoisotopic (exact) mass is 2200 g/mol. The SMILES string of the molecule is CCC(O)C(C)(C[C@@H](SCc1ccccc1)n1cc(C)c(=O)[nH]c1=O)C(=O)OC.CCC(O)C(C)(C[C@@H](SCc1ccccc1)n1cc(C)c(=O)[nH]c1=O)C(=O)OC.CCC(O)C(C)(C[C@H](SCc1ccccc1)n1cc(C)c(=O)[nH]c1=O)C(=O)OC.COC(=O)[C@]1(C)CC(n2cc(C)c(=O)[nH]c2=O)S[C@@H]1CO.COC(=O)[C@]1(C)CC(n2cc(C)c(=O)[nH]c2=O)S[C@H]1CO.COC(=O)[C@]1(C)CC(n2cc(C)c(=O)[nH]c2=O)S[C@H]1CO. The van der Waals surface area contributed by atoms with Crippen molar-refractivity contribution in [2.45, 2.75) is 245 Å². The van der Waals surface area contributed by atoms with Gasteiger partial charge in [-0.05, 0) is 158 Å². The molecular formula is C102H138N12O30S6. The van der Waals surface area contributed by atoms with Crippen molar-refractivity contribution in [3.63, 3.8) is 0 Å². The predicted octanol–water partition coefficient (Wildman–Crippen LogP) is 7.91. The topological polar surface area (TPSA) is 608 Å². The van der Waals surface area contributed by atoms with Crippen molar-refractivity contribution in [3.05, 3.63) is 303 Å². The largest absolute Gasteiger partial charge is 0.469 e. The zero-order valence-corrected chi connectivity index (χ0v) is 92.7. The Hall–Kier alpha value is -11.6. The van der Waals surface area contributed by atoms with E-state index in [1.165, 1.54) is 178 Å². The average molecular weight is 2200 g/mol. The predicted molar refractivity (Wildman–Crippen MR) is 577 cm³/mol. The number of aliphatic hydroxyl groups is 6. The Bertz CT molecular complexity index is 6270. The second-order valence-corrected chi connectivity index (χ2v) is 45.5. The smallest absolute Gasteiger partial charge is 0.329 e. The van der Waals surface area contributed by atoms with E-state index < -0.39 is 170 Å². The molecule has 9 unspecified atom stereocenters. The first-order chi connectivity index (χ1) is 70.7. The quantitative estimate of drug-likeness (QED) is 0.0131. The molecule has 150 heavy (non-hydrogen) atoms. The van der Waals surface area contributed by atoms with Crippen LogP contribution in [0.2, 0.25) is 0 Å². The molecular weight excluding hydrogens is 2070 g/mol. The van der Waals surface area contributed by atoms with Crippen LogP contribution in [-0.2, 0) is 74.4 Å². The van der Waals surface area contributed by atoms with E-state index in [0.29, 0.717) is 89.2 Å². The molecule has 9 aromatic rings. The number of aromatic amines is 6. The number of hydrogen-bond acceptors (Lipinski definition) is 36. The second-order valence-electron chi connectivity index (χ2n) is 37.9. The van der Waals surface area contributed by atoms with Gasteiger partial charge >= 0.3 is 70.0 Å². The van der Waals surface area contributed by atoms with Crippen LogP contribution in [0.1, 0.15) is 202 Å². The van der Waals surface area contributed by atoms with Crippen molar-refractivity contribution in [2.75, 3.05) is 62.5 Å². The van der Waals surface area contributed by atoms with Gasteiger partial charge in [0, 0.05) is 104 Å². The summed E-state index contributed by atoms with van der Waals surface area (Å²) in [5.74, 6) is -1.06. The van der Waals surface area contributed by atoms with E-state index in [1.807, 2.05) is 91.0 Å². The molecule has 0 saturated carbocycles. The Kier molecular flexibility index (Phi) is 46.9. The fourth-order valence-electron chi connectivity index (χ4n) is 17.2. The minimum Gasteiger partial charge on any atom is -0.469 e. The molecule has 0 radical (unpaired) electrons. The molecule has 3 saturated heterocycles. The van der Waals surface area contributed by atoms with Crippen LogP contribution in [0.4, 0.5) is 0 Å². The fourth-order valence-corrected chi connectivity index (χ4v) is 26.4. The molecule has 12 N–H and O–H groups in total. The van der Waals surface area contributed by atoms with Crippen molar-refractivity contribution in [1.82, 2.24) is 57.3 Å². The Labute approximate surface area is 889 Å². The van der Waals surface area contributed by atoms with Crippen LogP contribution in [0.25, 0.3) is 0 Å². The molecule has 3 aliphatic rings. The number of aromatic nitrogens is 12. The number of nitrogens with one attached hydrogen (secondary N) is 6. The lowest BCUT2D eigenvalue weighted by molar-refractivity contribution is -0.161. The van der Waals surface area contributed by atoms with Crippen molar-refractivity contribution in [2.24, 2.45) is 32.5 Å². The van der Waals surface area contributed by atoms with Gasteiger partial charge in [0.2, 0.25) is 0 Å². The van der Waals surface area contributed by atoms with E-state index in [0.717, 1.165) is 16.7 Å². The molecule has 0 spiro atoms. The fraction of sp³-hybridized carbons (Fsp3) is 0.529. The lowest BCUT2D eigenvalue weighted by Crippen LogP contribution is -2.43. The third-order valence-corrected chi connectivity index (χ3v) is 36.0. The first-order valence-electron chi connectivity index (χ1n) is 47.9. The highest BCUT2D eigenvalue weighted by Crippen LogP contribution is 2.56. The summed E-state index contributed by atoms with van der Waals surface area (Å²) >= 11 is 8.38. The number of hydrogen-bond donors (Lipinski definition) is 12. The number of rotatable bonds is 36. The summed E-state index contributed by atoms with van der Waals surface area (Å²) in [5, 5.41) is 56.6. The van der Waals surface area contributed by atoms with Crippen LogP contribution in [0.15, 0.2) is 186 Å². The zero-order chi connectivity index (χ0) is 112. The van der Waals surface area contributed by atoms with Gasteiger partial charge in [0.05, 0.1) is 146 Å². The van der Waals surface area contributed by atoms with Gasteiger partial charge in [-0.25, -0.2) is 28.8 Å². The number of esters is 6. The molecule has 3 fully saturated rings. The Morgan fingerprint density at radius 1 is 0.347 bits per heavy atom. The van der Waals surface area contributed by atoms with Crippen molar-refractivity contribution in [1.29, 1.82) is 0 Å². The normalized spacial score (nSPS) is 20.9. The number of benzene rings is 3. The summed E-state index contributed by atoms with van der Waals surface area (Å²) in [6.45, 7) is 24.6. The molecule has 18 atom stereocenters. The average Bonchev–Trinajstić information content (AvgIpc) is 1.66. The Morgan fingerprint density at radius 2 is 0.547 bits per heavy atom. The van der Waals surface area contributed by atoms with E-state index in [1.54, 1.807) is 104 Å². The molecule has 12 rings (SSSR count). The number of thioether (sulfide) groups is 6. The van der Waals surface area contributed by atoms with Gasteiger partial charge < -0.3 is 59.1 Å². The Morgan fingerprint density at radius 3 is 0.733 bits per heavy atom. The second kappa shape index (κ2) is 56.1. The van der Waals surface area contributed by atoms with Gasteiger partial charge in [0.1, 0.15) is 0 Å². The Balaban J connectivity index is 0.000000245. The summed E-state index contributed by atoms with van der Waals surface area (Å²) in [6, 6.07) is 29.2. The summed E-state index contributed by atoms with van der Waals surface area (Å²) in [5.41, 5.74) is -6.42. The van der Waals surface area contributed by atoms with Crippen LogP contribution >= 0.6 is 70.6 Å². The molecule has 0 bridgehead atoms. The molecule has 6 aromatic heterocycles. The van der Waals surface area contributed by atoms with Gasteiger partial charge in [0.15, 0.2) is 0 Å². The molecule has 48 heteroatoms. The summed E-state index contributed by atoms with van der Waals surface area (Å²) in [7, 11) is 7.76. The number of H-pyrrole nitrogens is 6. The molecule has 822 valence electrons. The maximum absolute atomic E-state index is 12.5. The van der Waals surface area contributed by atoms with E-state index in [-0.39, 0.29) is 71.0 Å². The first-order valence-corrected chi connectivity index (χ1v) is 53.9. The van der Waals surface area contributed by atoms with Gasteiger partial charge in [-0.2, -0.15) is 0 Å². The third-order valence-electron chi connectivity index (χ3n) is 27.1. The van der Waals surface area contributed by atoms with Crippen molar-refractivity contribution >= 4 is 106 Å². The highest BCUT2D eigenvalue weighted by molar-refractivity contribution is 8.01. The summed E-state index contributed by atoms with van der Waals surface area (Å²) in [4.78, 5) is 230. The number of methoxy groups -OCH3 is 6. The highest BCUT2D eigenvalue weighted by Gasteiger charge is 2.55. The van der Waals surface area contributed by atoms with E-state index >= 15 is 0 Å². The molecule has 3 aromatic carbocycles. The van der Waals surface area contributed by atoms with E-state index in [9.17, 15) is 117 Å². The van der Waals surface area contributed by atoms with E-state index in [4.69, 9.17) is 28.4 Å². The minimum absolute atomic E-state index is 0.164. The van der Waals surface area contributed by atoms with Crippen LogP contribution in [-0.4, -0.2) is 220 Å². The lowest BCUT2D eigenvalue weighted by atomic mass is 9.79. The maximum Gasteiger partial charge on any atom is 0.329 e. The number of aliphatic hydroxyl groups excluding tert-OH is 6. The number of nitrogens with zero attached hydrogens (tertiary/aromatic N) is 6. The highest BCUT2D eigenvalue weighted by atomic mass is 32.2. The zero-order valence-electron chi connectivity index (χ0n) is 87.8. The number of carbonyl (C=O) groups is 6. The van der Waals surface area contributed by atoms with Crippen molar-refractivity contribution in [3.8, 4) is 0 Å². The standard InChI is InChI=1S/3C21H28N2O5S.3C13H18N2O5S/c3*1-5-16(24)21(3,19(26)28-4)11-17(29-13-15-9-7-6-8-10-15)23-12-14(2)18(25)22-20(23)27;3*1-7-5-15(12(19)14-10(7)17)9-4-13(2,11(18)20-3)8(6-16)21-9/h3*6-10,12,16-17,24H,5,11,13H2,1-4H3,(H,22,25,27);3*5,8-9,16H,4,6H2,1-3H3,(H,14,17,19)/t3*16?,17-,21?;2*8-,9?,13+;8-,9?,13-/m110001/s1. The molecule has 0 amide bonds. The van der Waals surface area contributed by atoms with Crippen molar-refractivity contribution < 1.29 is 87.8 Å². The van der Waals surface area contributed by atoms with Crippen LogP contribution < -0.4 is 67.5 Å². The summed E-state index contributed by atoms with van der Waals surface area (Å²) < 4.78 is 37.8. The molecule has 9 heterocycles. The van der Waals surface area contributed by atoms with Gasteiger partial charge in [-0.15, -0.1) is 70.6 Å². The maximum atomic E-state index is 12.5. The van der Waals surface area contributed by atoms with Crippen LogP contribution in [0.5, 0.6) is 0 Å². The first kappa shape index (κ1) is 125. The third kappa shape index (κ3) is 30.7. The molecule has 3 aliphatic heterocycles. The van der Waals surface area contributed by atoms with E-state index in [2.05, 4.69) is 29.9 Å². The minimum atomic E-state index is -1.21.